The second-order valence-electron chi connectivity index (χ2n) is 6.53. The van der Waals surface area contributed by atoms with Crippen molar-refractivity contribution in [3.63, 3.8) is 0 Å². The summed E-state index contributed by atoms with van der Waals surface area (Å²) in [7, 11) is 0. The maximum Gasteiger partial charge on any atom is 0.134 e. The molecule has 1 aliphatic carbocycles. The number of rotatable bonds is 4. The predicted octanol–water partition coefficient (Wildman–Crippen LogP) is 2.83. The molecule has 2 aromatic rings. The zero-order chi connectivity index (χ0) is 16.5. The Morgan fingerprint density at radius 3 is 2.33 bits per heavy atom. The van der Waals surface area contributed by atoms with Crippen molar-refractivity contribution in [3.05, 3.63) is 42.0 Å². The Balaban J connectivity index is 1.43. The van der Waals surface area contributed by atoms with Gasteiger partial charge in [0.2, 0.25) is 0 Å². The lowest BCUT2D eigenvalue weighted by atomic mass is 10.2. The Labute approximate surface area is 141 Å². The predicted molar refractivity (Wildman–Crippen MR) is 94.2 cm³/mol. The van der Waals surface area contributed by atoms with Crippen LogP contribution in [0, 0.1) is 12.7 Å². The summed E-state index contributed by atoms with van der Waals surface area (Å²) in [5, 5.41) is 3.45. The third kappa shape index (κ3) is 3.42. The van der Waals surface area contributed by atoms with E-state index >= 15 is 0 Å². The summed E-state index contributed by atoms with van der Waals surface area (Å²) >= 11 is 0. The molecule has 0 amide bonds. The molecule has 1 N–H and O–H groups in total. The van der Waals surface area contributed by atoms with E-state index in [4.69, 9.17) is 0 Å². The second-order valence-corrected chi connectivity index (χ2v) is 6.53. The summed E-state index contributed by atoms with van der Waals surface area (Å²) in [6.45, 7) is 5.55. The van der Waals surface area contributed by atoms with E-state index in [-0.39, 0.29) is 5.82 Å². The molecule has 5 nitrogen and oxygen atoms in total. The molecule has 1 aromatic heterocycles. The highest BCUT2D eigenvalue weighted by Crippen LogP contribution is 2.26. The maximum atomic E-state index is 13.1. The van der Waals surface area contributed by atoms with E-state index in [1.807, 2.05) is 19.1 Å². The Bertz CT molecular complexity index is 706. The highest BCUT2D eigenvalue weighted by atomic mass is 19.1. The van der Waals surface area contributed by atoms with Gasteiger partial charge in [-0.25, -0.2) is 14.4 Å². The number of halogens is 1. The number of nitrogens with zero attached hydrogens (tertiary/aromatic N) is 4. The van der Waals surface area contributed by atoms with Gasteiger partial charge in [-0.05, 0) is 44.0 Å². The third-order valence-electron chi connectivity index (χ3n) is 4.55. The summed E-state index contributed by atoms with van der Waals surface area (Å²) in [5.41, 5.74) is 1.08. The first-order valence-corrected chi connectivity index (χ1v) is 8.55. The molecular weight excluding hydrogens is 305 g/mol. The largest absolute Gasteiger partial charge is 0.368 e. The molecule has 0 unspecified atom stereocenters. The van der Waals surface area contributed by atoms with E-state index in [0.29, 0.717) is 6.04 Å². The van der Waals surface area contributed by atoms with Crippen molar-refractivity contribution < 1.29 is 4.39 Å². The van der Waals surface area contributed by atoms with Crippen molar-refractivity contribution in [2.45, 2.75) is 25.8 Å². The highest BCUT2D eigenvalue weighted by Gasteiger charge is 2.23. The second kappa shape index (κ2) is 6.26. The molecule has 0 bridgehead atoms. The Hall–Kier alpha value is -2.37. The zero-order valence-corrected chi connectivity index (χ0v) is 13.9. The van der Waals surface area contributed by atoms with Crippen LogP contribution in [-0.4, -0.2) is 42.2 Å². The van der Waals surface area contributed by atoms with Gasteiger partial charge in [-0.2, -0.15) is 0 Å². The minimum absolute atomic E-state index is 0.190. The number of piperazine rings is 1. The minimum Gasteiger partial charge on any atom is -0.368 e. The monoisotopic (exact) mass is 327 g/mol. The number of benzene rings is 1. The quantitative estimate of drug-likeness (QED) is 0.935. The number of nitrogens with one attached hydrogen (secondary N) is 1. The average molecular weight is 327 g/mol. The van der Waals surface area contributed by atoms with Crippen LogP contribution in [0.3, 0.4) is 0 Å². The van der Waals surface area contributed by atoms with Gasteiger partial charge in [-0.15, -0.1) is 0 Å². The molecule has 2 heterocycles. The molecule has 2 aliphatic rings. The van der Waals surface area contributed by atoms with E-state index in [1.165, 1.54) is 25.0 Å². The average Bonchev–Trinajstić information content (AvgIpc) is 3.39. The van der Waals surface area contributed by atoms with Gasteiger partial charge in [0.1, 0.15) is 23.3 Å². The number of aromatic nitrogens is 2. The molecule has 24 heavy (non-hydrogen) atoms. The van der Waals surface area contributed by atoms with Crippen LogP contribution in [0.25, 0.3) is 0 Å². The normalized spacial score (nSPS) is 17.9. The van der Waals surface area contributed by atoms with Gasteiger partial charge in [0, 0.05) is 44.0 Å². The van der Waals surface area contributed by atoms with E-state index in [2.05, 4.69) is 31.2 Å². The zero-order valence-electron chi connectivity index (χ0n) is 13.9. The van der Waals surface area contributed by atoms with Crippen LogP contribution in [0.15, 0.2) is 30.3 Å². The summed E-state index contributed by atoms with van der Waals surface area (Å²) in [5.74, 6) is 2.53. The summed E-state index contributed by atoms with van der Waals surface area (Å²) < 4.78 is 13.1. The Morgan fingerprint density at radius 2 is 1.67 bits per heavy atom. The lowest BCUT2D eigenvalue weighted by molar-refractivity contribution is 0.624. The first kappa shape index (κ1) is 15.2. The first-order chi connectivity index (χ1) is 11.7. The van der Waals surface area contributed by atoms with Crippen LogP contribution in [0.1, 0.15) is 18.7 Å². The molecule has 1 aromatic carbocycles. The van der Waals surface area contributed by atoms with Crippen molar-refractivity contribution in [2.24, 2.45) is 0 Å². The van der Waals surface area contributed by atoms with E-state index in [9.17, 15) is 4.39 Å². The van der Waals surface area contributed by atoms with Crippen LogP contribution in [0.2, 0.25) is 0 Å². The van der Waals surface area contributed by atoms with Gasteiger partial charge >= 0.3 is 0 Å². The SMILES string of the molecule is Cc1nc(NC2CC2)cc(N2CCN(c3ccc(F)cc3)CC2)n1. The molecule has 0 atom stereocenters. The molecule has 2 fully saturated rings. The fourth-order valence-electron chi connectivity index (χ4n) is 3.07. The molecule has 4 rings (SSSR count). The van der Waals surface area contributed by atoms with Gasteiger partial charge in [0.15, 0.2) is 0 Å². The van der Waals surface area contributed by atoms with Crippen LogP contribution >= 0.6 is 0 Å². The van der Waals surface area contributed by atoms with E-state index in [0.717, 1.165) is 49.3 Å². The molecule has 1 saturated carbocycles. The Kier molecular flexibility index (Phi) is 3.96. The van der Waals surface area contributed by atoms with Crippen LogP contribution < -0.4 is 15.1 Å². The smallest absolute Gasteiger partial charge is 0.134 e. The molecule has 6 heteroatoms. The molecule has 1 aliphatic heterocycles. The topological polar surface area (TPSA) is 44.3 Å². The van der Waals surface area contributed by atoms with Crippen LogP contribution in [0.4, 0.5) is 21.7 Å². The number of aryl methyl sites for hydroxylation is 1. The summed E-state index contributed by atoms with van der Waals surface area (Å²) in [6.07, 6.45) is 2.46. The van der Waals surface area contributed by atoms with E-state index < -0.39 is 0 Å². The molecule has 0 spiro atoms. The van der Waals surface area contributed by atoms with Gasteiger partial charge in [-0.1, -0.05) is 0 Å². The van der Waals surface area contributed by atoms with E-state index in [1.54, 1.807) is 0 Å². The van der Waals surface area contributed by atoms with Crippen molar-refractivity contribution in [2.75, 3.05) is 41.3 Å². The lowest BCUT2D eigenvalue weighted by Crippen LogP contribution is -2.46. The maximum absolute atomic E-state index is 13.1. The lowest BCUT2D eigenvalue weighted by Gasteiger charge is -2.36. The standard InChI is InChI=1S/C18H22FN5/c1-13-20-17(22-15-4-5-15)12-18(21-13)24-10-8-23(9-11-24)16-6-2-14(19)3-7-16/h2-3,6-7,12,15H,4-5,8-11H2,1H3,(H,20,21,22). The minimum atomic E-state index is -0.190. The molecule has 1 saturated heterocycles. The van der Waals surface area contributed by atoms with Crippen molar-refractivity contribution in [1.29, 1.82) is 0 Å². The molecule has 0 radical (unpaired) electrons. The number of anilines is 3. The van der Waals surface area contributed by atoms with Crippen LogP contribution in [-0.2, 0) is 0 Å². The van der Waals surface area contributed by atoms with Gasteiger partial charge < -0.3 is 15.1 Å². The van der Waals surface area contributed by atoms with Crippen molar-refractivity contribution >= 4 is 17.3 Å². The first-order valence-electron chi connectivity index (χ1n) is 8.55. The van der Waals surface area contributed by atoms with Gasteiger partial charge in [-0.3, -0.25) is 0 Å². The van der Waals surface area contributed by atoms with Crippen molar-refractivity contribution in [3.8, 4) is 0 Å². The fourth-order valence-corrected chi connectivity index (χ4v) is 3.07. The highest BCUT2D eigenvalue weighted by molar-refractivity contribution is 5.53. The molecular formula is C18H22FN5. The van der Waals surface area contributed by atoms with Crippen molar-refractivity contribution in [1.82, 2.24) is 9.97 Å². The Morgan fingerprint density at radius 1 is 1.00 bits per heavy atom. The third-order valence-corrected chi connectivity index (χ3v) is 4.55. The summed E-state index contributed by atoms with van der Waals surface area (Å²) in [4.78, 5) is 13.7. The number of hydrogen-bond acceptors (Lipinski definition) is 5. The van der Waals surface area contributed by atoms with Gasteiger partial charge in [0.25, 0.3) is 0 Å². The van der Waals surface area contributed by atoms with Gasteiger partial charge in [0.05, 0.1) is 0 Å². The summed E-state index contributed by atoms with van der Waals surface area (Å²) in [6, 6.07) is 9.37. The molecule has 126 valence electrons. The van der Waals surface area contributed by atoms with Crippen LogP contribution in [0.5, 0.6) is 0 Å². The number of hydrogen-bond donors (Lipinski definition) is 1. The fraction of sp³-hybridized carbons (Fsp3) is 0.444.